The zero-order valence-electron chi connectivity index (χ0n) is 12.1. The van der Waals surface area contributed by atoms with E-state index in [1.54, 1.807) is 13.0 Å². The molecule has 0 bridgehead atoms. The highest BCUT2D eigenvalue weighted by Crippen LogP contribution is 2.16. The molecule has 1 aromatic carbocycles. The molecule has 0 fully saturated rings. The number of hydrogen-bond donors (Lipinski definition) is 0. The van der Waals surface area contributed by atoms with Crippen LogP contribution in [-0.4, -0.2) is 36.0 Å². The average Bonchev–Trinajstić information content (AvgIpc) is 2.38. The van der Waals surface area contributed by atoms with Gasteiger partial charge in [0.25, 0.3) is 0 Å². The van der Waals surface area contributed by atoms with Crippen LogP contribution < -0.4 is 0 Å². The highest BCUT2D eigenvalue weighted by atomic mass is 35.5. The summed E-state index contributed by atoms with van der Waals surface area (Å²) in [5, 5.41) is 0.556. The van der Waals surface area contributed by atoms with Gasteiger partial charge in [0, 0.05) is 11.1 Å². The van der Waals surface area contributed by atoms with Gasteiger partial charge in [-0.05, 0) is 32.4 Å². The molecule has 4 nitrogen and oxygen atoms in total. The molecule has 0 aliphatic heterocycles. The van der Waals surface area contributed by atoms with Crippen LogP contribution in [0.4, 0.5) is 0 Å². The van der Waals surface area contributed by atoms with Gasteiger partial charge in [-0.15, -0.1) is 0 Å². The molecule has 0 unspecified atom stereocenters. The van der Waals surface area contributed by atoms with Crippen LogP contribution in [0.1, 0.15) is 26.3 Å². The molecule has 1 amide bonds. The summed E-state index contributed by atoms with van der Waals surface area (Å²) in [5.41, 5.74) is 0.758. The number of carbonyl (C=O) groups is 2. The standard InChI is InChI=1S/C15H20ClNO3/c1-4-20-15(19)10-17(11(2)3)14(18)9-12-7-5-6-8-13(12)16/h5-8,11H,4,9-10H2,1-3H3. The normalized spacial score (nSPS) is 10.4. The molecule has 5 heteroatoms. The minimum atomic E-state index is -0.395. The molecule has 20 heavy (non-hydrogen) atoms. The Morgan fingerprint density at radius 3 is 2.50 bits per heavy atom. The molecule has 0 saturated heterocycles. The minimum Gasteiger partial charge on any atom is -0.465 e. The first-order chi connectivity index (χ1) is 9.45. The maximum atomic E-state index is 12.3. The summed E-state index contributed by atoms with van der Waals surface area (Å²) in [4.78, 5) is 25.3. The molecule has 0 N–H and O–H groups in total. The fraction of sp³-hybridized carbons (Fsp3) is 0.467. The van der Waals surface area contributed by atoms with Crippen LogP contribution in [0.2, 0.25) is 5.02 Å². The third kappa shape index (κ3) is 4.85. The lowest BCUT2D eigenvalue weighted by atomic mass is 10.1. The number of halogens is 1. The van der Waals surface area contributed by atoms with Crippen molar-refractivity contribution in [3.8, 4) is 0 Å². The summed E-state index contributed by atoms with van der Waals surface area (Å²) in [5.74, 6) is -0.533. The molecule has 0 saturated carbocycles. The zero-order chi connectivity index (χ0) is 15.1. The zero-order valence-corrected chi connectivity index (χ0v) is 12.8. The van der Waals surface area contributed by atoms with Crippen LogP contribution in [0.3, 0.4) is 0 Å². The van der Waals surface area contributed by atoms with Crippen LogP contribution in [0, 0.1) is 0 Å². The van der Waals surface area contributed by atoms with Crippen molar-refractivity contribution in [1.82, 2.24) is 4.90 Å². The topological polar surface area (TPSA) is 46.6 Å². The van der Waals surface area contributed by atoms with E-state index in [4.69, 9.17) is 16.3 Å². The van der Waals surface area contributed by atoms with Crippen LogP contribution in [0.25, 0.3) is 0 Å². The summed E-state index contributed by atoms with van der Waals surface area (Å²) in [6, 6.07) is 7.13. The lowest BCUT2D eigenvalue weighted by molar-refractivity contribution is -0.149. The number of hydrogen-bond acceptors (Lipinski definition) is 3. The Labute approximate surface area is 124 Å². The molecule has 0 heterocycles. The van der Waals surface area contributed by atoms with Gasteiger partial charge in [-0.2, -0.15) is 0 Å². The van der Waals surface area contributed by atoms with Crippen molar-refractivity contribution in [2.75, 3.05) is 13.2 Å². The number of amides is 1. The van der Waals surface area contributed by atoms with Gasteiger partial charge in [-0.1, -0.05) is 29.8 Å². The summed E-state index contributed by atoms with van der Waals surface area (Å²) < 4.78 is 4.89. The molecule has 0 atom stereocenters. The molecule has 0 aromatic heterocycles. The Bertz CT molecular complexity index is 474. The molecule has 0 aliphatic carbocycles. The minimum absolute atomic E-state index is 0.0329. The largest absolute Gasteiger partial charge is 0.465 e. The van der Waals surface area contributed by atoms with E-state index in [-0.39, 0.29) is 24.9 Å². The smallest absolute Gasteiger partial charge is 0.325 e. The average molecular weight is 298 g/mol. The fourth-order valence-corrected chi connectivity index (χ4v) is 2.01. The van der Waals surface area contributed by atoms with Crippen LogP contribution in [0.15, 0.2) is 24.3 Å². The van der Waals surface area contributed by atoms with Gasteiger partial charge in [0.15, 0.2) is 0 Å². The van der Waals surface area contributed by atoms with Crippen molar-refractivity contribution in [2.45, 2.75) is 33.2 Å². The SMILES string of the molecule is CCOC(=O)CN(C(=O)Cc1ccccc1Cl)C(C)C. The number of nitrogens with zero attached hydrogens (tertiary/aromatic N) is 1. The second-order valence-electron chi connectivity index (χ2n) is 4.69. The highest BCUT2D eigenvalue weighted by Gasteiger charge is 2.21. The fourth-order valence-electron chi connectivity index (χ4n) is 1.81. The maximum absolute atomic E-state index is 12.3. The van der Waals surface area contributed by atoms with E-state index in [9.17, 15) is 9.59 Å². The number of ether oxygens (including phenoxy) is 1. The molecular weight excluding hydrogens is 278 g/mol. The Morgan fingerprint density at radius 2 is 1.95 bits per heavy atom. The maximum Gasteiger partial charge on any atom is 0.325 e. The summed E-state index contributed by atoms with van der Waals surface area (Å²) >= 11 is 6.05. The molecule has 110 valence electrons. The lowest BCUT2D eigenvalue weighted by Gasteiger charge is -2.26. The molecule has 0 spiro atoms. The number of carbonyl (C=O) groups excluding carboxylic acids is 2. The second-order valence-corrected chi connectivity index (χ2v) is 5.10. The Balaban J connectivity index is 2.75. The first-order valence-corrected chi connectivity index (χ1v) is 7.02. The Kier molecular flexibility index (Phi) is 6.52. The van der Waals surface area contributed by atoms with Crippen molar-refractivity contribution < 1.29 is 14.3 Å². The number of esters is 1. The Morgan fingerprint density at radius 1 is 1.30 bits per heavy atom. The molecular formula is C15H20ClNO3. The van der Waals surface area contributed by atoms with E-state index >= 15 is 0 Å². The van der Waals surface area contributed by atoms with E-state index < -0.39 is 5.97 Å². The van der Waals surface area contributed by atoms with Crippen LogP contribution in [0.5, 0.6) is 0 Å². The third-order valence-electron chi connectivity index (χ3n) is 2.85. The predicted molar refractivity (Wildman–Crippen MR) is 78.6 cm³/mol. The van der Waals surface area contributed by atoms with Crippen molar-refractivity contribution >= 4 is 23.5 Å². The predicted octanol–water partition coefficient (Wildman–Crippen LogP) is 2.68. The highest BCUT2D eigenvalue weighted by molar-refractivity contribution is 6.31. The van der Waals surface area contributed by atoms with E-state index in [1.807, 2.05) is 32.0 Å². The van der Waals surface area contributed by atoms with Gasteiger partial charge < -0.3 is 9.64 Å². The van der Waals surface area contributed by atoms with E-state index in [0.29, 0.717) is 11.6 Å². The van der Waals surface area contributed by atoms with Gasteiger partial charge in [0.2, 0.25) is 5.91 Å². The second kappa shape index (κ2) is 7.90. The van der Waals surface area contributed by atoms with Crippen LogP contribution in [-0.2, 0) is 20.7 Å². The van der Waals surface area contributed by atoms with Gasteiger partial charge in [0.1, 0.15) is 6.54 Å². The van der Waals surface area contributed by atoms with Gasteiger partial charge in [-0.25, -0.2) is 0 Å². The molecule has 1 aromatic rings. The van der Waals surface area contributed by atoms with Gasteiger partial charge >= 0.3 is 5.97 Å². The number of rotatable bonds is 6. The van der Waals surface area contributed by atoms with Crippen molar-refractivity contribution in [3.05, 3.63) is 34.9 Å². The van der Waals surface area contributed by atoms with E-state index in [2.05, 4.69) is 0 Å². The number of benzene rings is 1. The van der Waals surface area contributed by atoms with Gasteiger partial charge in [0.05, 0.1) is 13.0 Å². The summed E-state index contributed by atoms with van der Waals surface area (Å²) in [6.07, 6.45) is 0.178. The van der Waals surface area contributed by atoms with Crippen LogP contribution >= 0.6 is 11.6 Å². The first-order valence-electron chi connectivity index (χ1n) is 6.64. The Hall–Kier alpha value is -1.55. The van der Waals surface area contributed by atoms with E-state index in [1.165, 1.54) is 4.90 Å². The monoisotopic (exact) mass is 297 g/mol. The van der Waals surface area contributed by atoms with Crippen molar-refractivity contribution in [2.24, 2.45) is 0 Å². The third-order valence-corrected chi connectivity index (χ3v) is 3.22. The van der Waals surface area contributed by atoms with Crippen molar-refractivity contribution in [1.29, 1.82) is 0 Å². The quantitative estimate of drug-likeness (QED) is 0.759. The van der Waals surface area contributed by atoms with Crippen molar-refractivity contribution in [3.63, 3.8) is 0 Å². The first kappa shape index (κ1) is 16.5. The molecule has 0 radical (unpaired) electrons. The molecule has 1 rings (SSSR count). The summed E-state index contributed by atoms with van der Waals surface area (Å²) in [7, 11) is 0. The van der Waals surface area contributed by atoms with Gasteiger partial charge in [-0.3, -0.25) is 9.59 Å². The van der Waals surface area contributed by atoms with E-state index in [0.717, 1.165) is 5.56 Å². The molecule has 0 aliphatic rings. The lowest BCUT2D eigenvalue weighted by Crippen LogP contribution is -2.42. The summed E-state index contributed by atoms with van der Waals surface area (Å²) in [6.45, 7) is 5.74.